The molecule has 8 heteroatoms. The summed E-state index contributed by atoms with van der Waals surface area (Å²) in [5, 5.41) is 33.3. The van der Waals surface area contributed by atoms with Crippen LogP contribution in [0.3, 0.4) is 0 Å². The number of ether oxygens (including phenoxy) is 1. The second-order valence-electron chi connectivity index (χ2n) is 7.04. The normalized spacial score (nSPS) is 13.9. The Hall–Kier alpha value is -3.54. The van der Waals surface area contributed by atoms with Gasteiger partial charge in [0, 0.05) is 31.1 Å². The van der Waals surface area contributed by atoms with Gasteiger partial charge >= 0.3 is 5.97 Å². The second-order valence-corrected chi connectivity index (χ2v) is 7.04. The molecule has 1 aliphatic heterocycles. The van der Waals surface area contributed by atoms with Gasteiger partial charge in [-0.2, -0.15) is 5.26 Å². The first-order chi connectivity index (χ1) is 14.4. The molecule has 1 atom stereocenters. The number of nitrogens with zero attached hydrogens (tertiary/aromatic N) is 2. The molecule has 2 heterocycles. The van der Waals surface area contributed by atoms with Gasteiger partial charge in [-0.3, -0.25) is 0 Å². The van der Waals surface area contributed by atoms with Crippen LogP contribution < -0.4 is 10.6 Å². The Balaban J connectivity index is 1.57. The molecule has 0 saturated carbocycles. The van der Waals surface area contributed by atoms with Crippen LogP contribution in [0.1, 0.15) is 44.4 Å². The fraction of sp³-hybridized carbons (Fsp3) is 0.273. The Morgan fingerprint density at radius 2 is 2.27 bits per heavy atom. The van der Waals surface area contributed by atoms with E-state index < -0.39 is 6.10 Å². The third-order valence-corrected chi connectivity index (χ3v) is 5.03. The van der Waals surface area contributed by atoms with E-state index in [-0.39, 0.29) is 19.1 Å². The molecule has 30 heavy (non-hydrogen) atoms. The minimum absolute atomic E-state index is 0.240. The first-order valence-corrected chi connectivity index (χ1v) is 9.45. The van der Waals surface area contributed by atoms with E-state index in [0.29, 0.717) is 23.4 Å². The molecule has 4 N–H and O–H groups in total. The number of hydrogen-bond acceptors (Lipinski definition) is 8. The van der Waals surface area contributed by atoms with Crippen LogP contribution in [-0.2, 0) is 11.3 Å². The highest BCUT2D eigenvalue weighted by Crippen LogP contribution is 2.28. The summed E-state index contributed by atoms with van der Waals surface area (Å²) in [6, 6.07) is 7.28. The summed E-state index contributed by atoms with van der Waals surface area (Å²) in [5.74, 6) is -0.326. The van der Waals surface area contributed by atoms with Crippen molar-refractivity contribution in [1.82, 2.24) is 10.3 Å². The first kappa shape index (κ1) is 21.2. The predicted molar refractivity (Wildman–Crippen MR) is 112 cm³/mol. The van der Waals surface area contributed by atoms with E-state index in [1.165, 1.54) is 6.21 Å². The predicted octanol–water partition coefficient (Wildman–Crippen LogP) is 2.51. The number of carbonyl (C=O) groups excluding carboxylic acids is 1. The van der Waals surface area contributed by atoms with E-state index in [1.807, 2.05) is 26.0 Å². The van der Waals surface area contributed by atoms with Crippen LogP contribution >= 0.6 is 0 Å². The summed E-state index contributed by atoms with van der Waals surface area (Å²) in [5.41, 5.74) is 5.54. The number of carbonyl (C=O) groups is 1. The topological polar surface area (TPSA) is 131 Å². The van der Waals surface area contributed by atoms with Crippen LogP contribution in [0.2, 0.25) is 0 Å². The zero-order valence-corrected chi connectivity index (χ0v) is 16.8. The van der Waals surface area contributed by atoms with Gasteiger partial charge in [-0.25, -0.2) is 9.78 Å². The molecular formula is C22H23N5O3. The molecule has 1 aliphatic rings. The minimum atomic E-state index is -0.753. The number of aliphatic hydroxyl groups excluding tert-OH is 1. The molecule has 0 saturated heterocycles. The highest BCUT2D eigenvalue weighted by atomic mass is 16.5. The van der Waals surface area contributed by atoms with Crippen LogP contribution in [-0.4, -0.2) is 35.4 Å². The minimum Gasteiger partial charge on any atom is -0.457 e. The van der Waals surface area contributed by atoms with Crippen molar-refractivity contribution in [3.8, 4) is 6.07 Å². The van der Waals surface area contributed by atoms with E-state index in [0.717, 1.165) is 27.9 Å². The number of esters is 1. The number of fused-ring (bicyclic) bond motifs is 1. The number of benzene rings is 1. The molecule has 0 spiro atoms. The lowest BCUT2D eigenvalue weighted by Gasteiger charge is -2.16. The maximum Gasteiger partial charge on any atom is 0.338 e. The van der Waals surface area contributed by atoms with Gasteiger partial charge in [0.1, 0.15) is 18.4 Å². The first-order valence-electron chi connectivity index (χ1n) is 9.45. The van der Waals surface area contributed by atoms with Gasteiger partial charge in [0.15, 0.2) is 0 Å². The quantitative estimate of drug-likeness (QED) is 0.392. The van der Waals surface area contributed by atoms with Gasteiger partial charge < -0.3 is 25.9 Å². The van der Waals surface area contributed by atoms with Crippen LogP contribution in [0.5, 0.6) is 0 Å². The van der Waals surface area contributed by atoms with Crippen LogP contribution in [0.4, 0.5) is 5.69 Å². The monoisotopic (exact) mass is 405 g/mol. The summed E-state index contributed by atoms with van der Waals surface area (Å²) in [4.78, 5) is 15.7. The molecule has 0 unspecified atom stereocenters. The zero-order chi connectivity index (χ0) is 21.7. The number of anilines is 1. The molecule has 3 rings (SSSR count). The smallest absolute Gasteiger partial charge is 0.338 e. The SMILES string of the molecule is Cc1cc(N/C=C(\C=N)CNC[C@H](O)c2ccc3c(c2C)COC3=O)cnc1C#N. The van der Waals surface area contributed by atoms with E-state index >= 15 is 0 Å². The number of hydrogen-bond donors (Lipinski definition) is 4. The third-order valence-electron chi connectivity index (χ3n) is 5.03. The van der Waals surface area contributed by atoms with Crippen molar-refractivity contribution in [2.75, 3.05) is 18.4 Å². The number of rotatable bonds is 8. The van der Waals surface area contributed by atoms with E-state index in [2.05, 4.69) is 15.6 Å². The zero-order valence-electron chi connectivity index (χ0n) is 16.8. The van der Waals surface area contributed by atoms with Gasteiger partial charge in [0.25, 0.3) is 0 Å². The average molecular weight is 405 g/mol. The molecule has 0 amide bonds. The largest absolute Gasteiger partial charge is 0.457 e. The van der Waals surface area contributed by atoms with Crippen molar-refractivity contribution in [3.05, 3.63) is 69.7 Å². The third kappa shape index (κ3) is 4.54. The molecule has 0 fully saturated rings. The molecule has 2 aromatic rings. The molecule has 0 bridgehead atoms. The Morgan fingerprint density at radius 1 is 1.47 bits per heavy atom. The summed E-state index contributed by atoms with van der Waals surface area (Å²) >= 11 is 0. The van der Waals surface area contributed by atoms with E-state index in [1.54, 1.807) is 24.5 Å². The van der Waals surface area contributed by atoms with E-state index in [9.17, 15) is 9.90 Å². The average Bonchev–Trinajstić information content (AvgIpc) is 3.12. The second kappa shape index (κ2) is 9.31. The Bertz CT molecular complexity index is 1060. The molecule has 1 aromatic heterocycles. The summed E-state index contributed by atoms with van der Waals surface area (Å²) in [7, 11) is 0. The number of cyclic esters (lactones) is 1. The fourth-order valence-electron chi connectivity index (χ4n) is 3.28. The molecule has 0 aliphatic carbocycles. The molecule has 154 valence electrons. The van der Waals surface area contributed by atoms with Crippen molar-refractivity contribution in [2.24, 2.45) is 0 Å². The lowest BCUT2D eigenvalue weighted by Crippen LogP contribution is -2.25. The van der Waals surface area contributed by atoms with Gasteiger partial charge in [-0.15, -0.1) is 0 Å². The highest BCUT2D eigenvalue weighted by molar-refractivity contribution is 5.94. The lowest BCUT2D eigenvalue weighted by molar-refractivity contribution is 0.0535. The number of nitrogens with one attached hydrogen (secondary N) is 3. The van der Waals surface area contributed by atoms with Crippen molar-refractivity contribution < 1.29 is 14.6 Å². The van der Waals surface area contributed by atoms with Crippen LogP contribution in [0.25, 0.3) is 0 Å². The van der Waals surface area contributed by atoms with Crippen molar-refractivity contribution in [3.63, 3.8) is 0 Å². The van der Waals surface area contributed by atoms with Crippen molar-refractivity contribution in [1.29, 1.82) is 10.7 Å². The molecule has 1 aromatic carbocycles. The van der Waals surface area contributed by atoms with Gasteiger partial charge in [0.2, 0.25) is 0 Å². The number of aromatic nitrogens is 1. The van der Waals surface area contributed by atoms with Crippen molar-refractivity contribution >= 4 is 17.9 Å². The van der Waals surface area contributed by atoms with Crippen molar-refractivity contribution in [2.45, 2.75) is 26.6 Å². The summed E-state index contributed by atoms with van der Waals surface area (Å²) in [6.07, 6.45) is 3.71. The molecule has 0 radical (unpaired) electrons. The Labute approximate surface area is 174 Å². The molecule has 8 nitrogen and oxygen atoms in total. The van der Waals surface area contributed by atoms with Crippen LogP contribution in [0.15, 0.2) is 36.2 Å². The standard InChI is InChI=1S/C22H23N5O3/c1-13-5-16(10-27-20(13)7-24)26-9-15(6-23)8-25-11-21(28)17-3-4-18-19(14(17)2)12-30-22(18)29/h3-6,9-10,21,23,25-26,28H,8,11-12H2,1-2H3/b15-9+,23-6?/t21-/m0/s1. The fourth-order valence-corrected chi connectivity index (χ4v) is 3.28. The number of aryl methyl sites for hydroxylation is 1. The number of pyridine rings is 1. The lowest BCUT2D eigenvalue weighted by atomic mass is 9.95. The maximum atomic E-state index is 11.6. The summed E-state index contributed by atoms with van der Waals surface area (Å²) in [6.45, 7) is 4.59. The van der Waals surface area contributed by atoms with Gasteiger partial charge in [0.05, 0.1) is 23.6 Å². The Kier molecular flexibility index (Phi) is 6.57. The van der Waals surface area contributed by atoms with Crippen LogP contribution in [0, 0.1) is 30.6 Å². The van der Waals surface area contributed by atoms with Gasteiger partial charge in [-0.05, 0) is 48.2 Å². The van der Waals surface area contributed by atoms with Gasteiger partial charge in [-0.1, -0.05) is 6.07 Å². The van der Waals surface area contributed by atoms with E-state index in [4.69, 9.17) is 15.4 Å². The summed E-state index contributed by atoms with van der Waals surface area (Å²) < 4.78 is 5.05. The number of nitriles is 1. The Morgan fingerprint density at radius 3 is 2.97 bits per heavy atom. The molecular weight excluding hydrogens is 382 g/mol. The number of aliphatic hydroxyl groups is 1. The highest BCUT2D eigenvalue weighted by Gasteiger charge is 2.25. The maximum absolute atomic E-state index is 11.6.